The molecule has 19 heavy (non-hydrogen) atoms. The van der Waals surface area contributed by atoms with Crippen LogP contribution < -0.4 is 4.74 Å². The Labute approximate surface area is 110 Å². The van der Waals surface area contributed by atoms with E-state index in [-0.39, 0.29) is 6.61 Å². The molecule has 1 N–H and O–H groups in total. The van der Waals surface area contributed by atoms with Gasteiger partial charge in [-0.15, -0.1) is 0 Å². The van der Waals surface area contributed by atoms with E-state index in [1.165, 1.54) is 0 Å². The molecular weight excluding hydrogens is 242 g/mol. The number of hydrogen-bond donors (Lipinski definition) is 1. The Morgan fingerprint density at radius 1 is 1.26 bits per heavy atom. The van der Waals surface area contributed by atoms with Crippen molar-refractivity contribution in [1.29, 1.82) is 0 Å². The maximum absolute atomic E-state index is 9.42. The predicted octanol–water partition coefficient (Wildman–Crippen LogP) is 1.90. The van der Waals surface area contributed by atoms with E-state index >= 15 is 0 Å². The molecule has 0 radical (unpaired) electrons. The summed E-state index contributed by atoms with van der Waals surface area (Å²) >= 11 is 0. The molecule has 5 heteroatoms. The van der Waals surface area contributed by atoms with E-state index < -0.39 is 0 Å². The summed E-state index contributed by atoms with van der Waals surface area (Å²) in [6.45, 7) is -0.00831. The van der Waals surface area contributed by atoms with Crippen molar-refractivity contribution in [3.63, 3.8) is 0 Å². The summed E-state index contributed by atoms with van der Waals surface area (Å²) in [4.78, 5) is 8.46. The topological polar surface area (TPSA) is 59.7 Å². The highest BCUT2D eigenvalue weighted by atomic mass is 16.5. The second-order valence-electron chi connectivity index (χ2n) is 4.09. The van der Waals surface area contributed by atoms with Gasteiger partial charge in [0.15, 0.2) is 0 Å². The molecule has 0 aliphatic heterocycles. The minimum atomic E-state index is -0.00831. The number of imidazole rings is 1. The second kappa shape index (κ2) is 4.70. The lowest BCUT2D eigenvalue weighted by Gasteiger charge is -2.07. The third-order valence-corrected chi connectivity index (χ3v) is 3.05. The first kappa shape index (κ1) is 11.7. The molecule has 2 aromatic heterocycles. The number of benzene rings is 1. The van der Waals surface area contributed by atoms with E-state index in [1.807, 2.05) is 34.9 Å². The first-order valence-corrected chi connectivity index (χ1v) is 5.90. The molecule has 0 bridgehead atoms. The number of rotatable bonds is 3. The minimum Gasteiger partial charge on any atom is -0.478 e. The van der Waals surface area contributed by atoms with Gasteiger partial charge in [0, 0.05) is 18.0 Å². The van der Waals surface area contributed by atoms with Crippen molar-refractivity contribution in [3.05, 3.63) is 48.4 Å². The summed E-state index contributed by atoms with van der Waals surface area (Å²) in [7, 11) is 1.57. The van der Waals surface area contributed by atoms with Crippen LogP contribution in [-0.4, -0.2) is 26.6 Å². The molecule has 0 unspecified atom stereocenters. The first-order valence-electron chi connectivity index (χ1n) is 5.90. The summed E-state index contributed by atoms with van der Waals surface area (Å²) in [5.74, 6) is 0.482. The second-order valence-corrected chi connectivity index (χ2v) is 4.09. The predicted molar refractivity (Wildman–Crippen MR) is 70.9 cm³/mol. The van der Waals surface area contributed by atoms with Gasteiger partial charge in [-0.1, -0.05) is 24.3 Å². The molecule has 0 fully saturated rings. The maximum Gasteiger partial charge on any atom is 0.258 e. The van der Waals surface area contributed by atoms with Gasteiger partial charge in [-0.05, 0) is 5.56 Å². The zero-order valence-electron chi connectivity index (χ0n) is 10.4. The van der Waals surface area contributed by atoms with Crippen LogP contribution >= 0.6 is 0 Å². The zero-order valence-corrected chi connectivity index (χ0v) is 10.4. The minimum absolute atomic E-state index is 0.00831. The van der Waals surface area contributed by atoms with Crippen LogP contribution in [0.1, 0.15) is 5.56 Å². The molecule has 2 heterocycles. The van der Waals surface area contributed by atoms with Crippen molar-refractivity contribution >= 4 is 5.65 Å². The monoisotopic (exact) mass is 255 g/mol. The van der Waals surface area contributed by atoms with Crippen LogP contribution in [0.15, 0.2) is 42.9 Å². The Hall–Kier alpha value is -2.40. The Morgan fingerprint density at radius 2 is 2.11 bits per heavy atom. The lowest BCUT2D eigenvalue weighted by molar-refractivity contribution is 0.282. The Balaban J connectivity index is 2.26. The summed E-state index contributed by atoms with van der Waals surface area (Å²) in [5.41, 5.74) is 3.37. The van der Waals surface area contributed by atoms with Crippen molar-refractivity contribution in [1.82, 2.24) is 14.4 Å². The van der Waals surface area contributed by atoms with E-state index in [1.54, 1.807) is 19.5 Å². The summed E-state index contributed by atoms with van der Waals surface area (Å²) in [5, 5.41) is 9.42. The summed E-state index contributed by atoms with van der Waals surface area (Å²) in [6, 6.07) is 7.70. The Kier molecular flexibility index (Phi) is 2.89. The lowest BCUT2D eigenvalue weighted by atomic mass is 10.1. The van der Waals surface area contributed by atoms with Crippen LogP contribution in [0.5, 0.6) is 5.88 Å². The van der Waals surface area contributed by atoms with Crippen LogP contribution in [0.2, 0.25) is 0 Å². The van der Waals surface area contributed by atoms with Crippen molar-refractivity contribution in [2.45, 2.75) is 6.61 Å². The molecule has 0 spiro atoms. The Bertz CT molecular complexity index is 722. The summed E-state index contributed by atoms with van der Waals surface area (Å²) < 4.78 is 7.09. The highest BCUT2D eigenvalue weighted by molar-refractivity contribution is 5.68. The molecule has 0 atom stereocenters. The number of nitrogens with zero attached hydrogens (tertiary/aromatic N) is 3. The van der Waals surface area contributed by atoms with Gasteiger partial charge < -0.3 is 9.84 Å². The van der Waals surface area contributed by atoms with Gasteiger partial charge in [0.25, 0.3) is 5.88 Å². The molecule has 5 nitrogen and oxygen atoms in total. The Morgan fingerprint density at radius 3 is 2.89 bits per heavy atom. The van der Waals surface area contributed by atoms with Gasteiger partial charge in [0.05, 0.1) is 25.6 Å². The molecule has 3 rings (SSSR count). The normalized spacial score (nSPS) is 10.8. The highest BCUT2D eigenvalue weighted by Gasteiger charge is 2.12. The SMILES string of the molecule is COc1nccn2c(-c3ccccc3CO)cnc12. The van der Waals surface area contributed by atoms with Crippen LogP contribution in [0, 0.1) is 0 Å². The molecular formula is C14H13N3O2. The van der Waals surface area contributed by atoms with Crippen LogP contribution in [-0.2, 0) is 6.61 Å². The van der Waals surface area contributed by atoms with Gasteiger partial charge in [0.1, 0.15) is 0 Å². The smallest absolute Gasteiger partial charge is 0.258 e. The average Bonchev–Trinajstić information content (AvgIpc) is 2.90. The zero-order chi connectivity index (χ0) is 13.2. The fraction of sp³-hybridized carbons (Fsp3) is 0.143. The number of aliphatic hydroxyl groups is 1. The lowest BCUT2D eigenvalue weighted by Crippen LogP contribution is -1.96. The van der Waals surface area contributed by atoms with Gasteiger partial charge in [-0.25, -0.2) is 9.97 Å². The number of fused-ring (bicyclic) bond motifs is 1. The number of methoxy groups -OCH3 is 1. The van der Waals surface area contributed by atoms with Gasteiger partial charge in [-0.2, -0.15) is 0 Å². The fourth-order valence-electron chi connectivity index (χ4n) is 2.15. The molecule has 0 saturated heterocycles. The van der Waals surface area contributed by atoms with Gasteiger partial charge in [0.2, 0.25) is 5.65 Å². The fourth-order valence-corrected chi connectivity index (χ4v) is 2.15. The maximum atomic E-state index is 9.42. The average molecular weight is 255 g/mol. The van der Waals surface area contributed by atoms with Crippen molar-refractivity contribution in [2.75, 3.05) is 7.11 Å². The summed E-state index contributed by atoms with van der Waals surface area (Å²) in [6.07, 6.45) is 5.25. The van der Waals surface area contributed by atoms with Crippen LogP contribution in [0.4, 0.5) is 0 Å². The van der Waals surface area contributed by atoms with Crippen LogP contribution in [0.3, 0.4) is 0 Å². The molecule has 1 aromatic carbocycles. The quantitative estimate of drug-likeness (QED) is 0.776. The highest BCUT2D eigenvalue weighted by Crippen LogP contribution is 2.26. The van der Waals surface area contributed by atoms with Gasteiger partial charge in [-0.3, -0.25) is 4.40 Å². The third-order valence-electron chi connectivity index (χ3n) is 3.05. The molecule has 0 aliphatic carbocycles. The largest absolute Gasteiger partial charge is 0.478 e. The standard InChI is InChI=1S/C14H13N3O2/c1-19-14-13-16-8-12(17(13)7-6-15-14)11-5-3-2-4-10(11)9-18/h2-8,18H,9H2,1H3. The van der Waals surface area contributed by atoms with Crippen molar-refractivity contribution < 1.29 is 9.84 Å². The first-order chi connectivity index (χ1) is 9.35. The molecule has 96 valence electrons. The van der Waals surface area contributed by atoms with Gasteiger partial charge >= 0.3 is 0 Å². The van der Waals surface area contributed by atoms with E-state index in [9.17, 15) is 5.11 Å². The van der Waals surface area contributed by atoms with E-state index in [4.69, 9.17) is 4.74 Å². The number of hydrogen-bond acceptors (Lipinski definition) is 4. The number of aliphatic hydroxyl groups excluding tert-OH is 1. The van der Waals surface area contributed by atoms with E-state index in [2.05, 4.69) is 9.97 Å². The third kappa shape index (κ3) is 1.84. The van der Waals surface area contributed by atoms with Crippen molar-refractivity contribution in [3.8, 4) is 17.1 Å². The van der Waals surface area contributed by atoms with Crippen LogP contribution in [0.25, 0.3) is 16.9 Å². The van der Waals surface area contributed by atoms with Crippen molar-refractivity contribution in [2.24, 2.45) is 0 Å². The molecule has 0 amide bonds. The number of aromatic nitrogens is 3. The molecule has 0 aliphatic rings. The van der Waals surface area contributed by atoms with E-state index in [0.717, 1.165) is 16.8 Å². The number of ether oxygens (including phenoxy) is 1. The van der Waals surface area contributed by atoms with E-state index in [0.29, 0.717) is 11.5 Å². The molecule has 3 aromatic rings. The molecule has 0 saturated carbocycles.